The van der Waals surface area contributed by atoms with Crippen LogP contribution in [0.3, 0.4) is 0 Å². The van der Waals surface area contributed by atoms with Crippen LogP contribution in [0.4, 0.5) is 29.3 Å². The molecular formula is C20H19F3N2O4S. The normalized spacial score (nSPS) is 23.0. The van der Waals surface area contributed by atoms with E-state index in [1.165, 1.54) is 21.9 Å². The van der Waals surface area contributed by atoms with Gasteiger partial charge in [-0.05, 0) is 49.4 Å². The van der Waals surface area contributed by atoms with Crippen molar-refractivity contribution in [3.8, 4) is 5.75 Å². The van der Waals surface area contributed by atoms with Gasteiger partial charge in [0.2, 0.25) is 0 Å². The number of carbonyl (C=O) groups excluding carboxylic acids is 1. The molecular weight excluding hydrogens is 421 g/mol. The molecule has 4 rings (SSSR count). The minimum Gasteiger partial charge on any atom is -0.494 e. The van der Waals surface area contributed by atoms with Gasteiger partial charge >= 0.3 is 12.2 Å². The summed E-state index contributed by atoms with van der Waals surface area (Å²) < 4.78 is 69.5. The van der Waals surface area contributed by atoms with Crippen molar-refractivity contribution in [3.63, 3.8) is 0 Å². The Kier molecular flexibility index (Phi) is 4.92. The Morgan fingerprint density at radius 2 is 1.60 bits per heavy atom. The topological polar surface area (TPSA) is 66.9 Å². The maximum absolute atomic E-state index is 13.2. The van der Waals surface area contributed by atoms with Crippen LogP contribution < -0.4 is 14.5 Å². The molecule has 2 saturated heterocycles. The summed E-state index contributed by atoms with van der Waals surface area (Å²) in [6, 6.07) is 8.99. The number of sulfone groups is 1. The molecule has 2 amide bonds. The molecule has 2 aromatic carbocycles. The van der Waals surface area contributed by atoms with Crippen molar-refractivity contribution < 1.29 is 31.1 Å². The number of hydrogen-bond donors (Lipinski definition) is 0. The van der Waals surface area contributed by atoms with Crippen LogP contribution in [0.15, 0.2) is 48.5 Å². The highest BCUT2D eigenvalue weighted by Crippen LogP contribution is 2.40. The zero-order valence-corrected chi connectivity index (χ0v) is 16.8. The number of fused-ring (bicyclic) bond motifs is 1. The van der Waals surface area contributed by atoms with Gasteiger partial charge in [0, 0.05) is 11.4 Å². The second-order valence-electron chi connectivity index (χ2n) is 7.21. The van der Waals surface area contributed by atoms with Crippen molar-refractivity contribution >= 4 is 27.2 Å². The summed E-state index contributed by atoms with van der Waals surface area (Å²) in [7, 11) is -3.45. The van der Waals surface area contributed by atoms with Gasteiger partial charge in [-0.15, -0.1) is 0 Å². The monoisotopic (exact) mass is 440 g/mol. The first-order valence-corrected chi connectivity index (χ1v) is 11.2. The number of urea groups is 1. The largest absolute Gasteiger partial charge is 0.494 e. The average molecular weight is 440 g/mol. The van der Waals surface area contributed by atoms with Crippen molar-refractivity contribution in [1.29, 1.82) is 0 Å². The van der Waals surface area contributed by atoms with E-state index in [2.05, 4.69) is 0 Å². The van der Waals surface area contributed by atoms with Crippen LogP contribution in [0, 0.1) is 0 Å². The Morgan fingerprint density at radius 1 is 1.00 bits per heavy atom. The van der Waals surface area contributed by atoms with Crippen LogP contribution in [0.2, 0.25) is 0 Å². The molecule has 2 aliphatic heterocycles. The van der Waals surface area contributed by atoms with Crippen molar-refractivity contribution in [3.05, 3.63) is 54.1 Å². The number of rotatable bonds is 4. The SMILES string of the molecule is CCOc1ccc(N2C(=O)N(c3cccc(C(F)(F)F)c3)C3CS(=O)(=O)CC32)cc1. The van der Waals surface area contributed by atoms with Gasteiger partial charge in [0.05, 0.1) is 35.8 Å². The predicted octanol–water partition coefficient (Wildman–Crippen LogP) is 3.72. The van der Waals surface area contributed by atoms with E-state index in [0.29, 0.717) is 18.0 Å². The Balaban J connectivity index is 1.75. The maximum atomic E-state index is 13.2. The minimum atomic E-state index is -4.57. The van der Waals surface area contributed by atoms with E-state index in [9.17, 15) is 26.4 Å². The van der Waals surface area contributed by atoms with Crippen LogP contribution >= 0.6 is 0 Å². The first kappa shape index (κ1) is 20.5. The minimum absolute atomic E-state index is 0.0235. The Bertz CT molecular complexity index is 1070. The number of nitrogens with zero attached hydrogens (tertiary/aromatic N) is 2. The van der Waals surface area contributed by atoms with E-state index >= 15 is 0 Å². The second-order valence-corrected chi connectivity index (χ2v) is 9.36. The predicted molar refractivity (Wildman–Crippen MR) is 106 cm³/mol. The molecule has 6 nitrogen and oxygen atoms in total. The lowest BCUT2D eigenvalue weighted by Gasteiger charge is -2.23. The molecule has 0 bridgehead atoms. The van der Waals surface area contributed by atoms with Gasteiger partial charge < -0.3 is 4.74 Å². The number of anilines is 2. The molecule has 30 heavy (non-hydrogen) atoms. The lowest BCUT2D eigenvalue weighted by molar-refractivity contribution is -0.137. The van der Waals surface area contributed by atoms with Crippen LogP contribution in [-0.2, 0) is 16.0 Å². The van der Waals surface area contributed by atoms with E-state index in [-0.39, 0.29) is 17.2 Å². The molecule has 0 saturated carbocycles. The van der Waals surface area contributed by atoms with E-state index in [1.807, 2.05) is 6.92 Å². The Hall–Kier alpha value is -2.75. The van der Waals surface area contributed by atoms with Crippen molar-refractivity contribution in [2.45, 2.75) is 25.2 Å². The fourth-order valence-electron chi connectivity index (χ4n) is 4.01. The highest BCUT2D eigenvalue weighted by molar-refractivity contribution is 7.91. The van der Waals surface area contributed by atoms with Crippen LogP contribution in [-0.4, -0.2) is 44.6 Å². The average Bonchev–Trinajstić information content (AvgIpc) is 3.10. The molecule has 0 spiro atoms. The standard InChI is InChI=1S/C20H19F3N2O4S/c1-2-29-16-8-6-14(7-9-16)24-17-11-30(27,28)12-18(17)25(19(24)26)15-5-3-4-13(10-15)20(21,22)23/h3-10,17-18H,2,11-12H2,1H3. The van der Waals surface area contributed by atoms with E-state index < -0.39 is 39.7 Å². The molecule has 2 aliphatic rings. The fraction of sp³-hybridized carbons (Fsp3) is 0.350. The van der Waals surface area contributed by atoms with Gasteiger partial charge in [-0.1, -0.05) is 6.07 Å². The number of alkyl halides is 3. The van der Waals surface area contributed by atoms with Crippen LogP contribution in [0.25, 0.3) is 0 Å². The van der Waals surface area contributed by atoms with Crippen molar-refractivity contribution in [2.24, 2.45) is 0 Å². The van der Waals surface area contributed by atoms with Gasteiger partial charge in [0.1, 0.15) is 5.75 Å². The van der Waals surface area contributed by atoms with Crippen molar-refractivity contribution in [2.75, 3.05) is 27.9 Å². The van der Waals surface area contributed by atoms with E-state index in [0.717, 1.165) is 12.1 Å². The summed E-state index contributed by atoms with van der Waals surface area (Å²) in [5.74, 6) is 0.0532. The number of benzene rings is 2. The molecule has 2 unspecified atom stereocenters. The summed E-state index contributed by atoms with van der Waals surface area (Å²) in [6.07, 6.45) is -4.57. The lowest BCUT2D eigenvalue weighted by Crippen LogP contribution is -2.38. The van der Waals surface area contributed by atoms with Gasteiger partial charge in [-0.25, -0.2) is 13.2 Å². The van der Waals surface area contributed by atoms with E-state index in [4.69, 9.17) is 4.74 Å². The second kappa shape index (κ2) is 7.19. The molecule has 0 radical (unpaired) electrons. The highest BCUT2D eigenvalue weighted by Gasteiger charge is 2.54. The summed E-state index contributed by atoms with van der Waals surface area (Å²) in [5, 5.41) is 0. The molecule has 160 valence electrons. The molecule has 0 aliphatic carbocycles. The highest BCUT2D eigenvalue weighted by atomic mass is 32.2. The number of ether oxygens (including phenoxy) is 1. The van der Waals surface area contributed by atoms with Gasteiger partial charge in [-0.2, -0.15) is 13.2 Å². The van der Waals surface area contributed by atoms with Crippen LogP contribution in [0.5, 0.6) is 5.75 Å². The number of amides is 2. The third-order valence-corrected chi connectivity index (χ3v) is 6.95. The van der Waals surface area contributed by atoms with Gasteiger partial charge in [0.15, 0.2) is 9.84 Å². The van der Waals surface area contributed by atoms with Crippen molar-refractivity contribution in [1.82, 2.24) is 0 Å². The first-order chi connectivity index (χ1) is 14.1. The Labute approximate surface area is 171 Å². The zero-order chi connectivity index (χ0) is 21.7. The number of carbonyl (C=O) groups is 1. The van der Waals surface area contributed by atoms with Gasteiger partial charge in [-0.3, -0.25) is 9.80 Å². The summed E-state index contributed by atoms with van der Waals surface area (Å²) in [5.41, 5.74) is -0.412. The molecule has 10 heteroatoms. The van der Waals surface area contributed by atoms with Gasteiger partial charge in [0.25, 0.3) is 0 Å². The zero-order valence-electron chi connectivity index (χ0n) is 16.0. The Morgan fingerprint density at radius 3 is 2.17 bits per heavy atom. The molecule has 2 atom stereocenters. The molecule has 0 N–H and O–H groups in total. The summed E-state index contributed by atoms with van der Waals surface area (Å²) in [6.45, 7) is 2.30. The molecule has 2 aromatic rings. The molecule has 2 fully saturated rings. The number of halogens is 3. The number of hydrogen-bond acceptors (Lipinski definition) is 4. The molecule has 0 aromatic heterocycles. The quantitative estimate of drug-likeness (QED) is 0.680. The maximum Gasteiger partial charge on any atom is 0.416 e. The smallest absolute Gasteiger partial charge is 0.416 e. The third kappa shape index (κ3) is 3.60. The lowest BCUT2D eigenvalue weighted by atomic mass is 10.1. The summed E-state index contributed by atoms with van der Waals surface area (Å²) >= 11 is 0. The van der Waals surface area contributed by atoms with E-state index in [1.54, 1.807) is 24.3 Å². The third-order valence-electron chi connectivity index (χ3n) is 5.25. The fourth-order valence-corrected chi connectivity index (χ4v) is 5.93. The summed E-state index contributed by atoms with van der Waals surface area (Å²) in [4.78, 5) is 15.8. The first-order valence-electron chi connectivity index (χ1n) is 9.34. The van der Waals surface area contributed by atoms with Crippen LogP contribution in [0.1, 0.15) is 12.5 Å². The molecule has 2 heterocycles.